The van der Waals surface area contributed by atoms with E-state index in [0.29, 0.717) is 12.6 Å². The average molecular weight is 272 g/mol. The number of esters is 1. The van der Waals surface area contributed by atoms with Gasteiger partial charge in [0, 0.05) is 26.2 Å². The van der Waals surface area contributed by atoms with Crippen molar-refractivity contribution in [1.82, 2.24) is 10.2 Å². The van der Waals surface area contributed by atoms with Crippen LogP contribution >= 0.6 is 0 Å². The Morgan fingerprint density at radius 1 is 1.42 bits per heavy atom. The van der Waals surface area contributed by atoms with Gasteiger partial charge in [-0.15, -0.1) is 0 Å². The first-order chi connectivity index (χ1) is 9.07. The lowest BCUT2D eigenvalue weighted by Crippen LogP contribution is -2.51. The van der Waals surface area contributed by atoms with Crippen molar-refractivity contribution in [3.63, 3.8) is 0 Å². The summed E-state index contributed by atoms with van der Waals surface area (Å²) in [4.78, 5) is 14.4. The third kappa shape index (κ3) is 5.09. The summed E-state index contributed by atoms with van der Waals surface area (Å²) in [6.07, 6.45) is 3.28. The maximum absolute atomic E-state index is 12.0. The summed E-state index contributed by atoms with van der Waals surface area (Å²) >= 11 is 0. The average Bonchev–Trinajstić information content (AvgIpc) is 3.23. The Labute approximate surface area is 116 Å². The Kier molecular flexibility index (Phi) is 6.75. The number of carbonyl (C=O) groups excluding carboxylic acids is 1. The van der Waals surface area contributed by atoms with E-state index in [9.17, 15) is 4.79 Å². The van der Waals surface area contributed by atoms with Gasteiger partial charge in [0.25, 0.3) is 0 Å². The summed E-state index contributed by atoms with van der Waals surface area (Å²) in [6.45, 7) is 6.74. The van der Waals surface area contributed by atoms with Crippen molar-refractivity contribution < 1.29 is 14.3 Å². The van der Waals surface area contributed by atoms with Gasteiger partial charge in [0.1, 0.15) is 5.54 Å². The Hall–Kier alpha value is -0.650. The Balaban J connectivity index is 2.47. The Morgan fingerprint density at radius 3 is 2.58 bits per heavy atom. The van der Waals surface area contributed by atoms with Crippen molar-refractivity contribution in [2.75, 3.05) is 40.5 Å². The van der Waals surface area contributed by atoms with Gasteiger partial charge in [-0.3, -0.25) is 9.69 Å². The molecule has 112 valence electrons. The van der Waals surface area contributed by atoms with Gasteiger partial charge in [-0.25, -0.2) is 0 Å². The molecule has 1 fully saturated rings. The molecule has 5 heteroatoms. The molecule has 0 bridgehead atoms. The molecular weight excluding hydrogens is 244 g/mol. The van der Waals surface area contributed by atoms with E-state index < -0.39 is 5.54 Å². The molecule has 0 aromatic carbocycles. The fourth-order valence-corrected chi connectivity index (χ4v) is 2.11. The maximum Gasteiger partial charge on any atom is 0.326 e. The molecule has 0 aromatic rings. The van der Waals surface area contributed by atoms with E-state index in [2.05, 4.69) is 10.2 Å². The molecule has 0 aromatic heterocycles. The van der Waals surface area contributed by atoms with Crippen LogP contribution in [0.2, 0.25) is 0 Å². The Bertz CT molecular complexity index is 282. The molecular formula is C14H28N2O3. The van der Waals surface area contributed by atoms with Crippen LogP contribution in [0.1, 0.15) is 33.1 Å². The molecule has 1 unspecified atom stereocenters. The second-order valence-electron chi connectivity index (χ2n) is 5.31. The number of rotatable bonds is 10. The van der Waals surface area contributed by atoms with Gasteiger partial charge in [-0.1, -0.05) is 0 Å². The van der Waals surface area contributed by atoms with E-state index in [4.69, 9.17) is 9.47 Å². The minimum absolute atomic E-state index is 0.167. The van der Waals surface area contributed by atoms with Gasteiger partial charge in [-0.05, 0) is 40.2 Å². The summed E-state index contributed by atoms with van der Waals surface area (Å²) in [5.41, 5.74) is -0.601. The minimum atomic E-state index is -0.601. The summed E-state index contributed by atoms with van der Waals surface area (Å²) in [6, 6.07) is 0.679. The van der Waals surface area contributed by atoms with E-state index in [0.717, 1.165) is 26.1 Å². The van der Waals surface area contributed by atoms with Crippen LogP contribution in [0.15, 0.2) is 0 Å². The number of carbonyl (C=O) groups is 1. The zero-order valence-electron chi connectivity index (χ0n) is 12.7. The Morgan fingerprint density at radius 2 is 2.11 bits per heavy atom. The standard InChI is InChI=1S/C14H28N2O3/c1-5-19-13(17)14(2,15-3)8-9-16(10-11-18-4)12-6-7-12/h12,15H,5-11H2,1-4H3. The van der Waals surface area contributed by atoms with E-state index in [1.54, 1.807) is 7.11 Å². The number of likely N-dealkylation sites (N-methyl/N-ethyl adjacent to an activating group) is 1. The van der Waals surface area contributed by atoms with Crippen LogP contribution in [0.25, 0.3) is 0 Å². The number of hydrogen-bond acceptors (Lipinski definition) is 5. The van der Waals surface area contributed by atoms with Crippen molar-refractivity contribution in [1.29, 1.82) is 0 Å². The van der Waals surface area contributed by atoms with Crippen molar-refractivity contribution >= 4 is 5.97 Å². The molecule has 0 saturated heterocycles. The highest BCUT2D eigenvalue weighted by atomic mass is 16.5. The molecule has 0 heterocycles. The van der Waals surface area contributed by atoms with Gasteiger partial charge in [0.15, 0.2) is 0 Å². The smallest absolute Gasteiger partial charge is 0.326 e. The highest BCUT2D eigenvalue weighted by Gasteiger charge is 2.35. The van der Waals surface area contributed by atoms with Crippen LogP contribution in [0.5, 0.6) is 0 Å². The fourth-order valence-electron chi connectivity index (χ4n) is 2.11. The number of nitrogens with zero attached hydrogens (tertiary/aromatic N) is 1. The highest BCUT2D eigenvalue weighted by molar-refractivity contribution is 5.80. The second kappa shape index (κ2) is 7.82. The molecule has 19 heavy (non-hydrogen) atoms. The fraction of sp³-hybridized carbons (Fsp3) is 0.929. The van der Waals surface area contributed by atoms with Gasteiger partial charge >= 0.3 is 5.97 Å². The van der Waals surface area contributed by atoms with Crippen molar-refractivity contribution in [2.24, 2.45) is 0 Å². The maximum atomic E-state index is 12.0. The van der Waals surface area contributed by atoms with Crippen LogP contribution in [-0.2, 0) is 14.3 Å². The monoisotopic (exact) mass is 272 g/mol. The van der Waals surface area contributed by atoms with Crippen LogP contribution < -0.4 is 5.32 Å². The van der Waals surface area contributed by atoms with E-state index in [1.807, 2.05) is 20.9 Å². The summed E-state index contributed by atoms with van der Waals surface area (Å²) < 4.78 is 10.3. The van der Waals surface area contributed by atoms with Crippen LogP contribution in [-0.4, -0.2) is 62.9 Å². The van der Waals surface area contributed by atoms with Crippen LogP contribution in [0.3, 0.4) is 0 Å². The predicted octanol–water partition coefficient (Wildman–Crippen LogP) is 1.03. The number of ether oxygens (including phenoxy) is 2. The number of nitrogens with one attached hydrogen (secondary N) is 1. The third-order valence-electron chi connectivity index (χ3n) is 3.82. The molecule has 1 aliphatic rings. The molecule has 0 spiro atoms. The minimum Gasteiger partial charge on any atom is -0.465 e. The molecule has 1 saturated carbocycles. The largest absolute Gasteiger partial charge is 0.465 e. The molecule has 1 atom stereocenters. The molecule has 1 rings (SSSR count). The number of hydrogen-bond donors (Lipinski definition) is 1. The van der Waals surface area contributed by atoms with Crippen molar-refractivity contribution in [3.8, 4) is 0 Å². The summed E-state index contributed by atoms with van der Waals surface area (Å²) in [5, 5.41) is 3.10. The molecule has 1 aliphatic carbocycles. The number of methoxy groups -OCH3 is 1. The molecule has 5 nitrogen and oxygen atoms in total. The molecule has 0 aliphatic heterocycles. The lowest BCUT2D eigenvalue weighted by Gasteiger charge is -2.30. The zero-order chi connectivity index (χ0) is 14.3. The first kappa shape index (κ1) is 16.4. The van der Waals surface area contributed by atoms with Crippen molar-refractivity contribution in [3.05, 3.63) is 0 Å². The van der Waals surface area contributed by atoms with Crippen LogP contribution in [0, 0.1) is 0 Å². The van der Waals surface area contributed by atoms with Gasteiger partial charge in [0.05, 0.1) is 13.2 Å². The molecule has 0 amide bonds. The molecule has 1 N–H and O–H groups in total. The summed E-state index contributed by atoms with van der Waals surface area (Å²) in [5.74, 6) is -0.167. The lowest BCUT2D eigenvalue weighted by molar-refractivity contribution is -0.150. The highest BCUT2D eigenvalue weighted by Crippen LogP contribution is 2.27. The summed E-state index contributed by atoms with van der Waals surface area (Å²) in [7, 11) is 3.54. The third-order valence-corrected chi connectivity index (χ3v) is 3.82. The van der Waals surface area contributed by atoms with Crippen molar-refractivity contribution in [2.45, 2.75) is 44.7 Å². The quantitative estimate of drug-likeness (QED) is 0.602. The SMILES string of the molecule is CCOC(=O)C(C)(CCN(CCOC)C1CC1)NC. The van der Waals surface area contributed by atoms with E-state index in [1.165, 1.54) is 12.8 Å². The van der Waals surface area contributed by atoms with Gasteiger partial charge < -0.3 is 14.8 Å². The normalized spacial score (nSPS) is 18.4. The van der Waals surface area contributed by atoms with Crippen LogP contribution in [0.4, 0.5) is 0 Å². The van der Waals surface area contributed by atoms with Gasteiger partial charge in [-0.2, -0.15) is 0 Å². The second-order valence-corrected chi connectivity index (χ2v) is 5.31. The van der Waals surface area contributed by atoms with E-state index in [-0.39, 0.29) is 5.97 Å². The lowest BCUT2D eigenvalue weighted by atomic mass is 9.98. The molecule has 0 radical (unpaired) electrons. The van der Waals surface area contributed by atoms with E-state index >= 15 is 0 Å². The topological polar surface area (TPSA) is 50.8 Å². The first-order valence-electron chi connectivity index (χ1n) is 7.16. The predicted molar refractivity (Wildman–Crippen MR) is 75.2 cm³/mol. The van der Waals surface area contributed by atoms with Gasteiger partial charge in [0.2, 0.25) is 0 Å². The first-order valence-corrected chi connectivity index (χ1v) is 7.16. The zero-order valence-corrected chi connectivity index (χ0v) is 12.7.